The van der Waals surface area contributed by atoms with Gasteiger partial charge in [0.2, 0.25) is 0 Å². The molecule has 5 nitrogen and oxygen atoms in total. The molecule has 0 atom stereocenters. The van der Waals surface area contributed by atoms with Gasteiger partial charge >= 0.3 is 5.97 Å². The number of aromatic carboxylic acids is 1. The second-order valence-corrected chi connectivity index (χ2v) is 4.74. The standard InChI is InChI=1S/C13H12N2O3S/c1-15(6-11-7-19-8-14-11)12(16)9-2-4-10(5-3-9)13(17)18/h2-5,7-8H,6H2,1H3,(H,17,18). The van der Waals surface area contributed by atoms with Crippen molar-refractivity contribution < 1.29 is 14.7 Å². The van der Waals surface area contributed by atoms with Gasteiger partial charge in [-0.25, -0.2) is 9.78 Å². The molecule has 1 heterocycles. The normalized spacial score (nSPS) is 10.2. The second-order valence-electron chi connectivity index (χ2n) is 4.02. The number of amides is 1. The summed E-state index contributed by atoms with van der Waals surface area (Å²) in [5, 5.41) is 10.7. The predicted molar refractivity (Wildman–Crippen MR) is 71.3 cm³/mol. The largest absolute Gasteiger partial charge is 0.478 e. The zero-order valence-corrected chi connectivity index (χ0v) is 11.1. The summed E-state index contributed by atoms with van der Waals surface area (Å²) in [4.78, 5) is 28.5. The molecule has 0 saturated carbocycles. The fourth-order valence-corrected chi connectivity index (χ4v) is 2.16. The van der Waals surface area contributed by atoms with Crippen molar-refractivity contribution in [3.8, 4) is 0 Å². The number of carboxylic acid groups (broad SMARTS) is 1. The van der Waals surface area contributed by atoms with Gasteiger partial charge in [0, 0.05) is 18.0 Å². The molecule has 0 fully saturated rings. The van der Waals surface area contributed by atoms with E-state index in [0.29, 0.717) is 12.1 Å². The summed E-state index contributed by atoms with van der Waals surface area (Å²) in [5.74, 6) is -1.17. The molecule has 0 radical (unpaired) electrons. The highest BCUT2D eigenvalue weighted by atomic mass is 32.1. The van der Waals surface area contributed by atoms with Crippen molar-refractivity contribution >= 4 is 23.2 Å². The molecular formula is C13H12N2O3S. The fraction of sp³-hybridized carbons (Fsp3) is 0.154. The Morgan fingerprint density at radius 3 is 2.42 bits per heavy atom. The molecule has 1 aromatic carbocycles. The van der Waals surface area contributed by atoms with Crippen LogP contribution in [0.5, 0.6) is 0 Å². The van der Waals surface area contributed by atoms with Crippen LogP contribution in [0.3, 0.4) is 0 Å². The molecule has 19 heavy (non-hydrogen) atoms. The van der Waals surface area contributed by atoms with E-state index >= 15 is 0 Å². The zero-order chi connectivity index (χ0) is 13.8. The Morgan fingerprint density at radius 1 is 1.26 bits per heavy atom. The third-order valence-electron chi connectivity index (χ3n) is 2.61. The van der Waals surface area contributed by atoms with Gasteiger partial charge < -0.3 is 10.0 Å². The van der Waals surface area contributed by atoms with Crippen LogP contribution in [0.2, 0.25) is 0 Å². The van der Waals surface area contributed by atoms with Crippen LogP contribution in [-0.4, -0.2) is 33.9 Å². The Kier molecular flexibility index (Phi) is 3.91. The van der Waals surface area contributed by atoms with Crippen molar-refractivity contribution in [1.82, 2.24) is 9.88 Å². The van der Waals surface area contributed by atoms with E-state index in [2.05, 4.69) is 4.98 Å². The Morgan fingerprint density at radius 2 is 1.89 bits per heavy atom. The summed E-state index contributed by atoms with van der Waals surface area (Å²) in [6.07, 6.45) is 0. The van der Waals surface area contributed by atoms with E-state index in [9.17, 15) is 9.59 Å². The molecule has 1 N–H and O–H groups in total. The highest BCUT2D eigenvalue weighted by molar-refractivity contribution is 7.07. The number of nitrogens with zero attached hydrogens (tertiary/aromatic N) is 2. The van der Waals surface area contributed by atoms with Crippen LogP contribution in [-0.2, 0) is 6.54 Å². The van der Waals surface area contributed by atoms with Gasteiger partial charge in [0.1, 0.15) is 0 Å². The molecule has 0 bridgehead atoms. The monoisotopic (exact) mass is 276 g/mol. The van der Waals surface area contributed by atoms with Gasteiger partial charge in [0.05, 0.1) is 23.3 Å². The Bertz CT molecular complexity index is 578. The van der Waals surface area contributed by atoms with E-state index in [1.54, 1.807) is 17.5 Å². The Balaban J connectivity index is 2.08. The number of thiazole rings is 1. The van der Waals surface area contributed by atoms with Crippen LogP contribution in [0.15, 0.2) is 35.2 Å². The highest BCUT2D eigenvalue weighted by Gasteiger charge is 2.13. The minimum Gasteiger partial charge on any atom is -0.478 e. The number of hydrogen-bond donors (Lipinski definition) is 1. The molecule has 0 saturated heterocycles. The van der Waals surface area contributed by atoms with E-state index < -0.39 is 5.97 Å². The Hall–Kier alpha value is -2.21. The van der Waals surface area contributed by atoms with Crippen molar-refractivity contribution in [1.29, 1.82) is 0 Å². The van der Waals surface area contributed by atoms with E-state index in [-0.39, 0.29) is 11.5 Å². The zero-order valence-electron chi connectivity index (χ0n) is 10.2. The lowest BCUT2D eigenvalue weighted by Gasteiger charge is -2.15. The van der Waals surface area contributed by atoms with Crippen LogP contribution >= 0.6 is 11.3 Å². The van der Waals surface area contributed by atoms with Gasteiger partial charge in [-0.2, -0.15) is 0 Å². The minimum absolute atomic E-state index is 0.162. The van der Waals surface area contributed by atoms with Crippen LogP contribution in [0, 0.1) is 0 Å². The first-order valence-corrected chi connectivity index (χ1v) is 6.48. The number of carboxylic acids is 1. The maximum absolute atomic E-state index is 12.1. The predicted octanol–water partition coefficient (Wildman–Crippen LogP) is 2.11. The van der Waals surface area contributed by atoms with E-state index in [0.717, 1.165) is 5.69 Å². The number of aromatic nitrogens is 1. The number of carbonyl (C=O) groups excluding carboxylic acids is 1. The summed E-state index contributed by atoms with van der Waals surface area (Å²) in [6, 6.07) is 5.88. The molecule has 98 valence electrons. The van der Waals surface area contributed by atoms with Crippen molar-refractivity contribution in [2.75, 3.05) is 7.05 Å². The van der Waals surface area contributed by atoms with Crippen molar-refractivity contribution in [3.63, 3.8) is 0 Å². The maximum atomic E-state index is 12.1. The van der Waals surface area contributed by atoms with Gasteiger partial charge in [0.25, 0.3) is 5.91 Å². The first-order chi connectivity index (χ1) is 9.08. The fourth-order valence-electron chi connectivity index (χ4n) is 1.61. The number of carbonyl (C=O) groups is 2. The van der Waals surface area contributed by atoms with Gasteiger partial charge in [-0.05, 0) is 24.3 Å². The molecule has 1 amide bonds. The van der Waals surface area contributed by atoms with Crippen molar-refractivity contribution in [2.45, 2.75) is 6.54 Å². The molecular weight excluding hydrogens is 264 g/mol. The lowest BCUT2D eigenvalue weighted by Crippen LogP contribution is -2.26. The number of hydrogen-bond acceptors (Lipinski definition) is 4. The van der Waals surface area contributed by atoms with E-state index in [4.69, 9.17) is 5.11 Å². The quantitative estimate of drug-likeness (QED) is 0.928. The average molecular weight is 276 g/mol. The molecule has 0 aliphatic carbocycles. The van der Waals surface area contributed by atoms with Gasteiger partial charge in [0.15, 0.2) is 0 Å². The molecule has 6 heteroatoms. The van der Waals surface area contributed by atoms with Crippen LogP contribution < -0.4 is 0 Å². The van der Waals surface area contributed by atoms with Gasteiger partial charge in [-0.1, -0.05) is 0 Å². The summed E-state index contributed by atoms with van der Waals surface area (Å²) in [5.41, 5.74) is 3.18. The first kappa shape index (κ1) is 13.2. The molecule has 0 spiro atoms. The minimum atomic E-state index is -1.00. The van der Waals surface area contributed by atoms with Crippen molar-refractivity contribution in [3.05, 3.63) is 52.0 Å². The van der Waals surface area contributed by atoms with Crippen LogP contribution in [0.25, 0.3) is 0 Å². The lowest BCUT2D eigenvalue weighted by molar-refractivity contribution is 0.0695. The Labute approximate surface area is 114 Å². The average Bonchev–Trinajstić information content (AvgIpc) is 2.90. The number of rotatable bonds is 4. The topological polar surface area (TPSA) is 70.5 Å². The molecule has 0 aliphatic heterocycles. The lowest BCUT2D eigenvalue weighted by atomic mass is 10.1. The summed E-state index contributed by atoms with van der Waals surface area (Å²) in [6.45, 7) is 0.434. The smallest absolute Gasteiger partial charge is 0.335 e. The van der Waals surface area contributed by atoms with E-state index in [1.165, 1.54) is 35.6 Å². The summed E-state index contributed by atoms with van der Waals surface area (Å²) < 4.78 is 0. The molecule has 2 aromatic rings. The molecule has 0 unspecified atom stereocenters. The molecule has 0 aliphatic rings. The summed E-state index contributed by atoms with van der Waals surface area (Å²) in [7, 11) is 1.69. The van der Waals surface area contributed by atoms with Gasteiger partial charge in [-0.15, -0.1) is 11.3 Å². The second kappa shape index (κ2) is 5.62. The third-order valence-corrected chi connectivity index (χ3v) is 3.24. The summed E-state index contributed by atoms with van der Waals surface area (Å²) >= 11 is 1.48. The first-order valence-electron chi connectivity index (χ1n) is 5.54. The van der Waals surface area contributed by atoms with Crippen LogP contribution in [0.1, 0.15) is 26.4 Å². The maximum Gasteiger partial charge on any atom is 0.335 e. The molecule has 2 rings (SSSR count). The number of benzene rings is 1. The van der Waals surface area contributed by atoms with Crippen molar-refractivity contribution in [2.24, 2.45) is 0 Å². The molecule has 1 aromatic heterocycles. The SMILES string of the molecule is CN(Cc1cscn1)C(=O)c1ccc(C(=O)O)cc1. The highest BCUT2D eigenvalue weighted by Crippen LogP contribution is 2.10. The van der Waals surface area contributed by atoms with Gasteiger partial charge in [-0.3, -0.25) is 4.79 Å². The van der Waals surface area contributed by atoms with Crippen LogP contribution in [0.4, 0.5) is 0 Å². The van der Waals surface area contributed by atoms with E-state index in [1.807, 2.05) is 5.38 Å². The third kappa shape index (κ3) is 3.17.